The van der Waals surface area contributed by atoms with Crippen molar-refractivity contribution in [2.24, 2.45) is 0 Å². The van der Waals surface area contributed by atoms with Crippen LogP contribution in [0.15, 0.2) is 36.4 Å². The van der Waals surface area contributed by atoms with Crippen molar-refractivity contribution in [3.8, 4) is 11.5 Å². The van der Waals surface area contributed by atoms with E-state index in [0.29, 0.717) is 25.0 Å². The third-order valence-electron chi connectivity index (χ3n) is 5.12. The zero-order chi connectivity index (χ0) is 21.6. The number of alkyl halides is 5. The fraction of sp³-hybridized carbons (Fsp3) is 0.300. The number of cyclic esters (lactones) is 1. The summed E-state index contributed by atoms with van der Waals surface area (Å²) in [5.41, 5.74) is -0.512. The van der Waals surface area contributed by atoms with E-state index in [9.17, 15) is 31.5 Å². The minimum absolute atomic E-state index is 0.170. The standard InChI is InChI=1S/C20H14F5NO4/c21-17(22)14-8-10(20(23,24)25)2-6-15(14)29-11-3-5-12-9(7-11)1-4-13(12)16-18(27)26-19(28)30-16/h2-3,5-8,13,16-17H,1,4H2,(H,26,27,28)/t13-,16?/m1/s1. The van der Waals surface area contributed by atoms with Crippen molar-refractivity contribution in [3.63, 3.8) is 0 Å². The molecule has 10 heteroatoms. The van der Waals surface area contributed by atoms with Crippen LogP contribution in [0.5, 0.6) is 11.5 Å². The van der Waals surface area contributed by atoms with Gasteiger partial charge in [0.15, 0.2) is 6.10 Å². The van der Waals surface area contributed by atoms with Gasteiger partial charge in [0.25, 0.3) is 12.3 Å². The molecule has 1 saturated heterocycles. The smallest absolute Gasteiger partial charge is 0.416 e. The van der Waals surface area contributed by atoms with Crippen molar-refractivity contribution in [1.29, 1.82) is 0 Å². The molecule has 1 heterocycles. The average molecular weight is 427 g/mol. The van der Waals surface area contributed by atoms with Crippen LogP contribution in [-0.4, -0.2) is 18.1 Å². The molecule has 0 spiro atoms. The first-order chi connectivity index (χ1) is 14.1. The Balaban J connectivity index is 1.59. The first-order valence-electron chi connectivity index (χ1n) is 8.95. The second-order valence-corrected chi connectivity index (χ2v) is 6.97. The minimum atomic E-state index is -4.75. The van der Waals surface area contributed by atoms with Crippen LogP contribution in [0.4, 0.5) is 26.7 Å². The number of halogens is 5. The van der Waals surface area contributed by atoms with Gasteiger partial charge in [-0.25, -0.2) is 13.6 Å². The fourth-order valence-corrected chi connectivity index (χ4v) is 3.75. The summed E-state index contributed by atoms with van der Waals surface area (Å²) in [6.45, 7) is 0. The number of ether oxygens (including phenoxy) is 2. The van der Waals surface area contributed by atoms with Crippen LogP contribution in [0.3, 0.4) is 0 Å². The van der Waals surface area contributed by atoms with Crippen LogP contribution in [0.1, 0.15) is 41.0 Å². The first kappa shape index (κ1) is 20.1. The maximum Gasteiger partial charge on any atom is 0.416 e. The molecule has 1 aliphatic carbocycles. The molecule has 1 unspecified atom stereocenters. The van der Waals surface area contributed by atoms with Gasteiger partial charge in [0.1, 0.15) is 11.5 Å². The number of amides is 2. The first-order valence-corrected chi connectivity index (χ1v) is 8.95. The lowest BCUT2D eigenvalue weighted by Gasteiger charge is -2.17. The summed E-state index contributed by atoms with van der Waals surface area (Å²) in [7, 11) is 0. The van der Waals surface area contributed by atoms with Crippen LogP contribution in [0.2, 0.25) is 0 Å². The predicted molar refractivity (Wildman–Crippen MR) is 92.4 cm³/mol. The lowest BCUT2D eigenvalue weighted by Crippen LogP contribution is -2.28. The average Bonchev–Trinajstić information content (AvgIpc) is 3.22. The highest BCUT2D eigenvalue weighted by Crippen LogP contribution is 2.42. The maximum absolute atomic E-state index is 13.3. The number of imide groups is 1. The molecule has 2 aromatic rings. The Labute approximate surface area is 166 Å². The van der Waals surface area contributed by atoms with Gasteiger partial charge in [-0.3, -0.25) is 10.1 Å². The van der Waals surface area contributed by atoms with Crippen LogP contribution in [0.25, 0.3) is 0 Å². The zero-order valence-corrected chi connectivity index (χ0v) is 15.1. The summed E-state index contributed by atoms with van der Waals surface area (Å²) < 4.78 is 75.5. The van der Waals surface area contributed by atoms with Crippen molar-refractivity contribution in [2.75, 3.05) is 0 Å². The topological polar surface area (TPSA) is 64.6 Å². The van der Waals surface area contributed by atoms with Gasteiger partial charge < -0.3 is 9.47 Å². The maximum atomic E-state index is 13.3. The molecule has 1 aliphatic heterocycles. The van der Waals surface area contributed by atoms with E-state index in [1.165, 1.54) is 6.07 Å². The summed E-state index contributed by atoms with van der Waals surface area (Å²) in [6, 6.07) is 6.60. The minimum Gasteiger partial charge on any atom is -0.457 e. The third-order valence-corrected chi connectivity index (χ3v) is 5.12. The Bertz CT molecular complexity index is 1020. The highest BCUT2D eigenvalue weighted by molar-refractivity contribution is 6.00. The number of fused-ring (bicyclic) bond motifs is 1. The second-order valence-electron chi connectivity index (χ2n) is 6.97. The van der Waals surface area contributed by atoms with Crippen molar-refractivity contribution < 1.29 is 41.0 Å². The summed E-state index contributed by atoms with van der Waals surface area (Å²) in [6.07, 6.45) is -8.58. The van der Waals surface area contributed by atoms with E-state index in [-0.39, 0.29) is 17.4 Å². The lowest BCUT2D eigenvalue weighted by molar-refractivity contribution is -0.137. The molecule has 2 aromatic carbocycles. The molecular formula is C20H14F5NO4. The molecule has 1 N–H and O–H groups in total. The summed E-state index contributed by atoms with van der Waals surface area (Å²) >= 11 is 0. The largest absolute Gasteiger partial charge is 0.457 e. The number of nitrogens with one attached hydrogen (secondary N) is 1. The van der Waals surface area contributed by atoms with Gasteiger partial charge >= 0.3 is 12.3 Å². The van der Waals surface area contributed by atoms with Crippen molar-refractivity contribution in [3.05, 3.63) is 58.7 Å². The molecule has 0 radical (unpaired) electrons. The molecule has 2 atom stereocenters. The summed E-state index contributed by atoms with van der Waals surface area (Å²) in [5, 5.41) is 2.07. The molecule has 0 saturated carbocycles. The van der Waals surface area contributed by atoms with Crippen molar-refractivity contribution >= 4 is 12.0 Å². The van der Waals surface area contributed by atoms with Crippen LogP contribution in [-0.2, 0) is 22.1 Å². The molecule has 0 aromatic heterocycles. The molecule has 2 aliphatic rings. The highest BCUT2D eigenvalue weighted by Gasteiger charge is 2.42. The third kappa shape index (κ3) is 3.69. The van der Waals surface area contributed by atoms with Crippen LogP contribution in [0, 0.1) is 0 Å². The van der Waals surface area contributed by atoms with E-state index in [4.69, 9.17) is 9.47 Å². The Morgan fingerprint density at radius 1 is 1.10 bits per heavy atom. The number of carbonyl (C=O) groups is 2. The van der Waals surface area contributed by atoms with Crippen LogP contribution < -0.4 is 10.1 Å². The summed E-state index contributed by atoms with van der Waals surface area (Å²) in [4.78, 5) is 23.1. The summed E-state index contributed by atoms with van der Waals surface area (Å²) in [5.74, 6) is -1.08. The van der Waals surface area contributed by atoms with Gasteiger partial charge in [-0.1, -0.05) is 6.07 Å². The number of alkyl carbamates (subject to hydrolysis) is 1. The normalized spacial score (nSPS) is 20.9. The molecular weight excluding hydrogens is 413 g/mol. The quantitative estimate of drug-likeness (QED) is 0.690. The lowest BCUT2D eigenvalue weighted by atomic mass is 9.95. The Morgan fingerprint density at radius 2 is 1.87 bits per heavy atom. The molecule has 1 fully saturated rings. The second kappa shape index (κ2) is 7.26. The van der Waals surface area contributed by atoms with E-state index in [1.54, 1.807) is 12.1 Å². The van der Waals surface area contributed by atoms with Gasteiger partial charge in [-0.15, -0.1) is 0 Å². The van der Waals surface area contributed by atoms with E-state index >= 15 is 0 Å². The molecule has 4 rings (SSSR count). The van der Waals surface area contributed by atoms with Crippen molar-refractivity contribution in [2.45, 2.75) is 37.5 Å². The number of carbonyl (C=O) groups excluding carboxylic acids is 2. The number of aryl methyl sites for hydroxylation is 1. The van der Waals surface area contributed by atoms with Gasteiger partial charge in [0, 0.05) is 5.92 Å². The van der Waals surface area contributed by atoms with Gasteiger partial charge in [0.05, 0.1) is 11.1 Å². The predicted octanol–water partition coefficient (Wildman–Crippen LogP) is 5.10. The van der Waals surface area contributed by atoms with Gasteiger partial charge in [-0.2, -0.15) is 13.2 Å². The van der Waals surface area contributed by atoms with E-state index in [1.807, 2.05) is 0 Å². The van der Waals surface area contributed by atoms with E-state index in [0.717, 1.165) is 17.2 Å². The molecule has 0 bridgehead atoms. The molecule has 5 nitrogen and oxygen atoms in total. The zero-order valence-electron chi connectivity index (χ0n) is 15.1. The molecule has 2 amide bonds. The fourth-order valence-electron chi connectivity index (χ4n) is 3.75. The van der Waals surface area contributed by atoms with Gasteiger partial charge in [-0.05, 0) is 54.3 Å². The Morgan fingerprint density at radius 3 is 2.50 bits per heavy atom. The Kier molecular flexibility index (Phi) is 4.87. The monoisotopic (exact) mass is 427 g/mol. The van der Waals surface area contributed by atoms with Crippen molar-refractivity contribution in [1.82, 2.24) is 5.32 Å². The SMILES string of the molecule is O=C1NC(=O)C([C@@H]2CCc3cc(Oc4ccc(C(F)(F)F)cc4C(F)F)ccc32)O1. The molecule has 30 heavy (non-hydrogen) atoms. The van der Waals surface area contributed by atoms with E-state index < -0.39 is 41.8 Å². The van der Waals surface area contributed by atoms with Gasteiger partial charge in [0.2, 0.25) is 0 Å². The highest BCUT2D eigenvalue weighted by atomic mass is 19.4. The number of benzene rings is 2. The number of rotatable bonds is 4. The van der Waals surface area contributed by atoms with E-state index in [2.05, 4.69) is 5.32 Å². The number of hydrogen-bond acceptors (Lipinski definition) is 4. The number of hydrogen-bond donors (Lipinski definition) is 1. The van der Waals surface area contributed by atoms with Crippen LogP contribution >= 0.6 is 0 Å². The Hall–Kier alpha value is -3.17. The molecule has 158 valence electrons.